The van der Waals surface area contributed by atoms with Gasteiger partial charge >= 0.3 is 0 Å². The summed E-state index contributed by atoms with van der Waals surface area (Å²) in [6, 6.07) is 9.87. The maximum Gasteiger partial charge on any atom is 0.184 e. The number of hydrogen-bond acceptors (Lipinski definition) is 6. The molecule has 1 aromatic heterocycles. The van der Waals surface area contributed by atoms with Crippen LogP contribution < -0.4 is 14.2 Å². The molecular weight excluding hydrogens is 442 g/mol. The lowest BCUT2D eigenvalue weighted by Crippen LogP contribution is -2.19. The highest BCUT2D eigenvalue weighted by Crippen LogP contribution is 2.46. The zero-order valence-corrected chi connectivity index (χ0v) is 20.2. The number of aromatic nitrogens is 1. The summed E-state index contributed by atoms with van der Waals surface area (Å²) in [7, 11) is 7.27. The molecule has 0 saturated carbocycles. The molecule has 3 aromatic rings. The Morgan fingerprint density at radius 1 is 1.09 bits per heavy atom. The highest BCUT2D eigenvalue weighted by molar-refractivity contribution is 6.30. The molecule has 2 aromatic carbocycles. The average molecular weight is 470 g/mol. The van der Waals surface area contributed by atoms with Crippen LogP contribution in [0.2, 0.25) is 0 Å². The van der Waals surface area contributed by atoms with Crippen molar-refractivity contribution in [1.29, 1.82) is 0 Å². The fraction of sp³-hybridized carbons (Fsp3) is 0.320. The number of rotatable bonds is 8. The van der Waals surface area contributed by atoms with Crippen molar-refractivity contribution >= 4 is 29.0 Å². The van der Waals surface area contributed by atoms with Gasteiger partial charge in [0.2, 0.25) is 0 Å². The topological polar surface area (TPSA) is 68.3 Å². The van der Waals surface area contributed by atoms with Gasteiger partial charge in [0.05, 0.1) is 19.9 Å². The molecule has 33 heavy (non-hydrogen) atoms. The summed E-state index contributed by atoms with van der Waals surface area (Å²) < 4.78 is 17.0. The van der Waals surface area contributed by atoms with Crippen LogP contribution in [-0.4, -0.2) is 63.2 Å². The second-order valence-corrected chi connectivity index (χ2v) is 7.84. The van der Waals surface area contributed by atoms with Crippen LogP contribution in [0.15, 0.2) is 35.5 Å². The molecule has 0 spiro atoms. The van der Waals surface area contributed by atoms with Crippen LogP contribution >= 0.6 is 12.4 Å². The smallest absolute Gasteiger partial charge is 0.184 e. The van der Waals surface area contributed by atoms with Gasteiger partial charge in [0.15, 0.2) is 17.6 Å². The van der Waals surface area contributed by atoms with E-state index in [0.717, 1.165) is 45.6 Å². The largest absolute Gasteiger partial charge is 0.493 e. The number of halogens is 1. The molecule has 1 N–H and O–H groups in total. The molecule has 0 radical (unpaired) electrons. The maximum absolute atomic E-state index is 5.96. The third kappa shape index (κ3) is 4.58. The summed E-state index contributed by atoms with van der Waals surface area (Å²) in [4.78, 5) is 11.2. The van der Waals surface area contributed by atoms with Crippen molar-refractivity contribution in [3.63, 3.8) is 0 Å². The first-order valence-electron chi connectivity index (χ1n) is 10.4. The van der Waals surface area contributed by atoms with E-state index in [1.54, 1.807) is 21.1 Å². The Kier molecular flexibility index (Phi) is 7.42. The van der Waals surface area contributed by atoms with E-state index in [1.807, 2.05) is 44.4 Å². The normalized spacial score (nSPS) is 13.8. The summed E-state index contributed by atoms with van der Waals surface area (Å²) in [5.74, 6) is 4.60. The zero-order chi connectivity index (χ0) is 22.8. The third-order valence-electron chi connectivity index (χ3n) is 5.40. The number of nitrogens with one attached hydrogen (secondary N) is 1. The van der Waals surface area contributed by atoms with E-state index in [4.69, 9.17) is 25.5 Å². The number of H-pyrrole nitrogens is 1. The highest BCUT2D eigenvalue weighted by atomic mass is 35.5. The Bertz CT molecular complexity index is 1230. The molecule has 4 rings (SSSR count). The predicted molar refractivity (Wildman–Crippen MR) is 133 cm³/mol. The van der Waals surface area contributed by atoms with Crippen molar-refractivity contribution in [1.82, 2.24) is 9.88 Å². The summed E-state index contributed by atoms with van der Waals surface area (Å²) in [6.45, 7) is 3.21. The van der Waals surface area contributed by atoms with Gasteiger partial charge in [-0.2, -0.15) is 0 Å². The number of aromatic amines is 1. The minimum atomic E-state index is -0.453. The van der Waals surface area contributed by atoms with E-state index in [2.05, 4.69) is 21.0 Å². The molecule has 1 heterocycles. The number of methoxy groups -OCH3 is 2. The molecule has 1 aliphatic rings. The fourth-order valence-electron chi connectivity index (χ4n) is 3.73. The van der Waals surface area contributed by atoms with Crippen LogP contribution in [0.25, 0.3) is 22.2 Å². The van der Waals surface area contributed by atoms with Gasteiger partial charge in [-0.1, -0.05) is 11.1 Å². The minimum absolute atomic E-state index is 0. The molecule has 0 saturated heterocycles. The Morgan fingerprint density at radius 2 is 1.79 bits per heavy atom. The molecule has 7 nitrogen and oxygen atoms in total. The lowest BCUT2D eigenvalue weighted by molar-refractivity contribution is 0.113. The Hall–Kier alpha value is -3.34. The number of oxime groups is 1. The maximum atomic E-state index is 5.96. The van der Waals surface area contributed by atoms with E-state index < -0.39 is 6.10 Å². The van der Waals surface area contributed by atoms with Crippen LogP contribution in [0.3, 0.4) is 0 Å². The number of fused-ring (bicyclic) bond motifs is 5. The van der Waals surface area contributed by atoms with E-state index in [9.17, 15) is 0 Å². The first-order valence-corrected chi connectivity index (χ1v) is 10.4. The van der Waals surface area contributed by atoms with Crippen LogP contribution in [0.1, 0.15) is 18.1 Å². The van der Waals surface area contributed by atoms with Crippen molar-refractivity contribution in [2.75, 3.05) is 41.5 Å². The SMILES string of the molecule is C#CC(C)ON=C1c2cc(OC)c(OC)cc2-c2[nH]c3ccc(OCCN(C)C)cc3c21.Cl. The number of terminal acetylenes is 1. The van der Waals surface area contributed by atoms with E-state index in [1.165, 1.54) is 0 Å². The minimum Gasteiger partial charge on any atom is -0.493 e. The van der Waals surface area contributed by atoms with Gasteiger partial charge in [-0.25, -0.2) is 0 Å². The Morgan fingerprint density at radius 3 is 2.42 bits per heavy atom. The summed E-state index contributed by atoms with van der Waals surface area (Å²) in [6.07, 6.45) is 5.03. The lowest BCUT2D eigenvalue weighted by atomic mass is 10.1. The van der Waals surface area contributed by atoms with Crippen molar-refractivity contribution in [2.45, 2.75) is 13.0 Å². The molecule has 1 aliphatic carbocycles. The standard InChI is InChI=1S/C25H27N3O4.ClH/c1-7-15(2)32-27-25-18-14-22(30-6)21(29-5)13-17(18)24-23(25)19-12-16(8-9-20(19)26-24)31-11-10-28(3)4;/h1,8-9,12-15,26H,10-11H2,2-6H3;1H. The monoisotopic (exact) mass is 469 g/mol. The number of hydrogen-bond donors (Lipinski definition) is 1. The van der Waals surface area contributed by atoms with Gasteiger partial charge in [0.25, 0.3) is 0 Å². The fourth-order valence-corrected chi connectivity index (χ4v) is 3.73. The summed E-state index contributed by atoms with van der Waals surface area (Å²) in [5, 5.41) is 5.45. The molecule has 1 unspecified atom stereocenters. The van der Waals surface area contributed by atoms with E-state index in [0.29, 0.717) is 23.8 Å². The molecule has 174 valence electrons. The van der Waals surface area contributed by atoms with Crippen LogP contribution in [0.5, 0.6) is 17.2 Å². The van der Waals surface area contributed by atoms with Gasteiger partial charge in [-0.3, -0.25) is 0 Å². The molecule has 0 bridgehead atoms. The van der Waals surface area contributed by atoms with Crippen molar-refractivity contribution < 1.29 is 19.0 Å². The first-order chi connectivity index (χ1) is 15.5. The summed E-state index contributed by atoms with van der Waals surface area (Å²) >= 11 is 0. The van der Waals surface area contributed by atoms with Gasteiger partial charge in [-0.15, -0.1) is 18.8 Å². The van der Waals surface area contributed by atoms with Crippen molar-refractivity contribution in [2.24, 2.45) is 5.16 Å². The average Bonchev–Trinajstić information content (AvgIpc) is 3.30. The highest BCUT2D eigenvalue weighted by Gasteiger charge is 2.32. The lowest BCUT2D eigenvalue weighted by Gasteiger charge is -2.12. The quantitative estimate of drug-likeness (QED) is 0.307. The number of ether oxygens (including phenoxy) is 3. The predicted octanol–water partition coefficient (Wildman–Crippen LogP) is 4.32. The number of likely N-dealkylation sites (N-methyl/N-ethyl adjacent to an activating group) is 1. The van der Waals surface area contributed by atoms with E-state index in [-0.39, 0.29) is 12.4 Å². The van der Waals surface area contributed by atoms with Gasteiger partial charge in [0, 0.05) is 34.1 Å². The first kappa shape index (κ1) is 24.3. The van der Waals surface area contributed by atoms with Crippen LogP contribution in [-0.2, 0) is 4.84 Å². The molecule has 8 heteroatoms. The number of benzene rings is 2. The van der Waals surface area contributed by atoms with Crippen molar-refractivity contribution in [3.05, 3.63) is 41.5 Å². The van der Waals surface area contributed by atoms with Gasteiger partial charge < -0.3 is 28.9 Å². The molecule has 0 amide bonds. The molecule has 0 aliphatic heterocycles. The molecule has 1 atom stereocenters. The van der Waals surface area contributed by atoms with Crippen LogP contribution in [0, 0.1) is 12.3 Å². The zero-order valence-electron chi connectivity index (χ0n) is 19.4. The second-order valence-electron chi connectivity index (χ2n) is 7.84. The van der Waals surface area contributed by atoms with Crippen molar-refractivity contribution in [3.8, 4) is 40.8 Å². The van der Waals surface area contributed by atoms with Gasteiger partial charge in [0.1, 0.15) is 18.1 Å². The van der Waals surface area contributed by atoms with E-state index >= 15 is 0 Å². The Labute approximate surface area is 200 Å². The summed E-state index contributed by atoms with van der Waals surface area (Å²) in [5.41, 5.74) is 5.39. The molecular formula is C25H28ClN3O4. The second kappa shape index (κ2) is 10.1. The molecule has 0 fully saturated rings. The number of nitrogens with zero attached hydrogens (tertiary/aromatic N) is 2. The Balaban J connectivity index is 0.00000306. The van der Waals surface area contributed by atoms with Gasteiger partial charge in [-0.05, 0) is 51.4 Å². The van der Waals surface area contributed by atoms with Crippen LogP contribution in [0.4, 0.5) is 0 Å². The third-order valence-corrected chi connectivity index (χ3v) is 5.40.